The number of nitrogens with zero attached hydrogens (tertiary/aromatic N) is 4. The van der Waals surface area contributed by atoms with E-state index in [0.717, 1.165) is 12.1 Å². The zero-order chi connectivity index (χ0) is 18.4. The number of hydrogen-bond acceptors (Lipinski definition) is 4. The van der Waals surface area contributed by atoms with E-state index < -0.39 is 23.5 Å². The first-order chi connectivity index (χ1) is 11.7. The minimum absolute atomic E-state index is 0.161. The SMILES string of the molecule is C[C@H](c1c[nH]cn1)n1c(=O)nc(N(C)C)c2ccc(C(F)(F)F)cc21. The molecule has 0 saturated heterocycles. The van der Waals surface area contributed by atoms with E-state index in [1.807, 2.05) is 0 Å². The summed E-state index contributed by atoms with van der Waals surface area (Å²) in [5.74, 6) is 0.319. The van der Waals surface area contributed by atoms with Gasteiger partial charge in [0.2, 0.25) is 0 Å². The third kappa shape index (κ3) is 2.97. The highest BCUT2D eigenvalue weighted by Crippen LogP contribution is 2.33. The average Bonchev–Trinajstić information content (AvgIpc) is 3.06. The Morgan fingerprint density at radius 2 is 2.00 bits per heavy atom. The highest BCUT2D eigenvalue weighted by molar-refractivity contribution is 5.90. The fourth-order valence-corrected chi connectivity index (χ4v) is 2.75. The Kier molecular flexibility index (Phi) is 4.02. The third-order valence-corrected chi connectivity index (χ3v) is 3.99. The number of halogens is 3. The van der Waals surface area contributed by atoms with Crippen molar-refractivity contribution in [1.29, 1.82) is 0 Å². The lowest BCUT2D eigenvalue weighted by molar-refractivity contribution is -0.137. The van der Waals surface area contributed by atoms with E-state index in [4.69, 9.17) is 0 Å². The van der Waals surface area contributed by atoms with Gasteiger partial charge in [0.25, 0.3) is 0 Å². The Balaban J connectivity index is 2.37. The second-order valence-electron chi connectivity index (χ2n) is 5.88. The first-order valence-corrected chi connectivity index (χ1v) is 7.49. The zero-order valence-electron chi connectivity index (χ0n) is 13.8. The molecule has 0 amide bonds. The topological polar surface area (TPSA) is 66.8 Å². The molecule has 0 aliphatic heterocycles. The first kappa shape index (κ1) is 17.0. The summed E-state index contributed by atoms with van der Waals surface area (Å²) in [6, 6.07) is 2.74. The number of imidazole rings is 1. The third-order valence-electron chi connectivity index (χ3n) is 3.99. The smallest absolute Gasteiger partial charge is 0.362 e. The number of aromatic amines is 1. The predicted molar refractivity (Wildman–Crippen MR) is 87.7 cm³/mol. The predicted octanol–water partition coefficient (Wildman–Crippen LogP) is 2.81. The van der Waals surface area contributed by atoms with Crippen molar-refractivity contribution in [3.63, 3.8) is 0 Å². The number of anilines is 1. The maximum atomic E-state index is 13.2. The number of H-pyrrole nitrogens is 1. The van der Waals surface area contributed by atoms with E-state index in [-0.39, 0.29) is 5.52 Å². The van der Waals surface area contributed by atoms with Crippen LogP contribution in [0.2, 0.25) is 0 Å². The highest BCUT2D eigenvalue weighted by atomic mass is 19.4. The summed E-state index contributed by atoms with van der Waals surface area (Å²) in [6.07, 6.45) is -1.47. The molecule has 0 aliphatic carbocycles. The van der Waals surface area contributed by atoms with Crippen LogP contribution in [-0.2, 0) is 6.18 Å². The Hall–Kier alpha value is -2.84. The molecule has 9 heteroatoms. The van der Waals surface area contributed by atoms with E-state index in [9.17, 15) is 18.0 Å². The molecule has 0 spiro atoms. The first-order valence-electron chi connectivity index (χ1n) is 7.49. The van der Waals surface area contributed by atoms with Crippen LogP contribution in [0.3, 0.4) is 0 Å². The van der Waals surface area contributed by atoms with Crippen LogP contribution in [0.4, 0.5) is 19.0 Å². The van der Waals surface area contributed by atoms with Crippen molar-refractivity contribution in [3.8, 4) is 0 Å². The lowest BCUT2D eigenvalue weighted by Crippen LogP contribution is -2.29. The summed E-state index contributed by atoms with van der Waals surface area (Å²) in [5.41, 5.74) is -0.765. The summed E-state index contributed by atoms with van der Waals surface area (Å²) in [6.45, 7) is 1.69. The van der Waals surface area contributed by atoms with Gasteiger partial charge in [-0.15, -0.1) is 0 Å². The number of aromatic nitrogens is 4. The van der Waals surface area contributed by atoms with E-state index in [0.29, 0.717) is 16.9 Å². The second-order valence-corrected chi connectivity index (χ2v) is 5.88. The second kappa shape index (κ2) is 5.91. The molecule has 2 aromatic heterocycles. The molecule has 25 heavy (non-hydrogen) atoms. The van der Waals surface area contributed by atoms with Crippen LogP contribution in [0.5, 0.6) is 0 Å². The van der Waals surface area contributed by atoms with Crippen molar-refractivity contribution in [2.45, 2.75) is 19.1 Å². The zero-order valence-corrected chi connectivity index (χ0v) is 13.8. The molecular formula is C16H16F3N5O. The van der Waals surface area contributed by atoms with Gasteiger partial charge in [-0.3, -0.25) is 4.57 Å². The Bertz CT molecular complexity index is 960. The molecule has 0 radical (unpaired) electrons. The van der Waals surface area contributed by atoms with Gasteiger partial charge in [0.15, 0.2) is 0 Å². The van der Waals surface area contributed by atoms with Crippen molar-refractivity contribution >= 4 is 16.7 Å². The van der Waals surface area contributed by atoms with Crippen LogP contribution in [0, 0.1) is 0 Å². The van der Waals surface area contributed by atoms with Gasteiger partial charge in [0.05, 0.1) is 29.1 Å². The van der Waals surface area contributed by atoms with Crippen molar-refractivity contribution < 1.29 is 13.2 Å². The lowest BCUT2D eigenvalue weighted by Gasteiger charge is -2.21. The fraction of sp³-hybridized carbons (Fsp3) is 0.312. The summed E-state index contributed by atoms with van der Waals surface area (Å²) in [5, 5.41) is 0.458. The molecule has 3 rings (SSSR count). The summed E-state index contributed by atoms with van der Waals surface area (Å²) >= 11 is 0. The summed E-state index contributed by atoms with van der Waals surface area (Å²) < 4.78 is 40.7. The molecule has 6 nitrogen and oxygen atoms in total. The van der Waals surface area contributed by atoms with Gasteiger partial charge < -0.3 is 9.88 Å². The number of rotatable bonds is 3. The van der Waals surface area contributed by atoms with Crippen molar-refractivity contribution in [2.75, 3.05) is 19.0 Å². The minimum Gasteiger partial charge on any atom is -0.362 e. The Morgan fingerprint density at radius 3 is 2.56 bits per heavy atom. The number of fused-ring (bicyclic) bond motifs is 1. The molecule has 0 unspecified atom stereocenters. The number of nitrogens with one attached hydrogen (secondary N) is 1. The van der Waals surface area contributed by atoms with Crippen LogP contribution in [0.1, 0.15) is 24.2 Å². The quantitative estimate of drug-likeness (QED) is 0.788. The molecule has 2 heterocycles. The van der Waals surface area contributed by atoms with Crippen LogP contribution in [0.25, 0.3) is 10.9 Å². The molecule has 0 aliphatic rings. The maximum Gasteiger partial charge on any atom is 0.416 e. The average molecular weight is 351 g/mol. The fourth-order valence-electron chi connectivity index (χ4n) is 2.75. The number of alkyl halides is 3. The standard InChI is InChI=1S/C16H16F3N5O/c1-9(12-7-20-8-21-12)24-13-6-10(16(17,18)19)4-5-11(13)14(23(2)3)22-15(24)25/h4-9H,1-3H3,(H,20,21)/t9-/m1/s1. The van der Waals surface area contributed by atoms with E-state index >= 15 is 0 Å². The molecule has 132 valence electrons. The molecule has 0 saturated carbocycles. The molecule has 0 fully saturated rings. The van der Waals surface area contributed by atoms with Gasteiger partial charge in [-0.05, 0) is 25.1 Å². The van der Waals surface area contributed by atoms with Crippen LogP contribution in [-0.4, -0.2) is 33.6 Å². The molecule has 0 bridgehead atoms. The van der Waals surface area contributed by atoms with Crippen molar-refractivity contribution in [3.05, 3.63) is 52.5 Å². The van der Waals surface area contributed by atoms with E-state index in [1.54, 1.807) is 32.1 Å². The van der Waals surface area contributed by atoms with E-state index in [2.05, 4.69) is 15.0 Å². The molecule has 1 atom stereocenters. The number of hydrogen-bond donors (Lipinski definition) is 1. The van der Waals surface area contributed by atoms with Gasteiger partial charge in [-0.25, -0.2) is 9.78 Å². The van der Waals surface area contributed by atoms with Gasteiger partial charge in [-0.2, -0.15) is 18.2 Å². The number of benzene rings is 1. The van der Waals surface area contributed by atoms with Crippen LogP contribution < -0.4 is 10.6 Å². The highest BCUT2D eigenvalue weighted by Gasteiger charge is 2.31. The minimum atomic E-state index is -4.51. The van der Waals surface area contributed by atoms with Gasteiger partial charge >= 0.3 is 11.9 Å². The van der Waals surface area contributed by atoms with Crippen LogP contribution >= 0.6 is 0 Å². The van der Waals surface area contributed by atoms with Crippen LogP contribution in [0.15, 0.2) is 35.5 Å². The van der Waals surface area contributed by atoms with Gasteiger partial charge in [0.1, 0.15) is 5.82 Å². The molecule has 1 aromatic carbocycles. The lowest BCUT2D eigenvalue weighted by atomic mass is 10.1. The molecule has 1 N–H and O–H groups in total. The van der Waals surface area contributed by atoms with Crippen molar-refractivity contribution in [2.24, 2.45) is 0 Å². The van der Waals surface area contributed by atoms with Gasteiger partial charge in [-0.1, -0.05) is 0 Å². The summed E-state index contributed by atoms with van der Waals surface area (Å²) in [7, 11) is 3.36. The normalized spacial score (nSPS) is 13.2. The molecular weight excluding hydrogens is 335 g/mol. The Labute approximate surface area is 140 Å². The van der Waals surface area contributed by atoms with Crippen molar-refractivity contribution in [1.82, 2.24) is 19.5 Å². The van der Waals surface area contributed by atoms with Gasteiger partial charge in [0, 0.05) is 25.7 Å². The van der Waals surface area contributed by atoms with E-state index in [1.165, 1.54) is 17.0 Å². The maximum absolute atomic E-state index is 13.2. The Morgan fingerprint density at radius 1 is 1.28 bits per heavy atom. The largest absolute Gasteiger partial charge is 0.416 e. The molecule has 3 aromatic rings. The summed E-state index contributed by atoms with van der Waals surface area (Å²) in [4.78, 5) is 25.1. The monoisotopic (exact) mass is 351 g/mol.